The minimum atomic E-state index is 0. The van der Waals surface area contributed by atoms with Crippen molar-refractivity contribution in [2.45, 2.75) is 12.8 Å². The largest absolute Gasteiger partial charge is 0.378 e. The van der Waals surface area contributed by atoms with Crippen LogP contribution in [-0.4, -0.2) is 38.8 Å². The molecule has 0 aliphatic carbocycles. The van der Waals surface area contributed by atoms with E-state index >= 15 is 0 Å². The molecule has 0 radical (unpaired) electrons. The van der Waals surface area contributed by atoms with Crippen LogP contribution in [0.2, 0.25) is 0 Å². The van der Waals surface area contributed by atoms with E-state index in [9.17, 15) is 4.79 Å². The van der Waals surface area contributed by atoms with Crippen LogP contribution >= 0.6 is 40.7 Å². The Bertz CT molecular complexity index is 471. The van der Waals surface area contributed by atoms with Gasteiger partial charge < -0.3 is 20.7 Å². The molecule has 22 heavy (non-hydrogen) atoms. The van der Waals surface area contributed by atoms with Crippen LogP contribution in [-0.2, 0) is 9.53 Å². The highest BCUT2D eigenvalue weighted by molar-refractivity contribution is 9.10. The van der Waals surface area contributed by atoms with Crippen molar-refractivity contribution in [1.29, 1.82) is 0 Å². The molecule has 2 rings (SSSR count). The summed E-state index contributed by atoms with van der Waals surface area (Å²) in [5.74, 6) is 0.00283. The molecule has 5 nitrogen and oxygen atoms in total. The van der Waals surface area contributed by atoms with Crippen molar-refractivity contribution in [2.24, 2.45) is 5.73 Å². The topological polar surface area (TPSA) is 67.6 Å². The van der Waals surface area contributed by atoms with Crippen LogP contribution in [0.4, 0.5) is 11.4 Å². The lowest BCUT2D eigenvalue weighted by atomic mass is 10.2. The van der Waals surface area contributed by atoms with Crippen LogP contribution in [0.5, 0.6) is 0 Å². The molecule has 1 aliphatic heterocycles. The lowest BCUT2D eigenvalue weighted by Gasteiger charge is -2.30. The number of rotatable bonds is 5. The normalized spacial score (nSPS) is 13.8. The molecule has 1 heterocycles. The Hall–Kier alpha value is -0.530. The number of nitrogens with zero attached hydrogens (tertiary/aromatic N) is 1. The Kier molecular flexibility index (Phi) is 10.8. The summed E-state index contributed by atoms with van der Waals surface area (Å²) in [6.45, 7) is 3.65. The van der Waals surface area contributed by atoms with Crippen LogP contribution in [0.25, 0.3) is 0 Å². The quantitative estimate of drug-likeness (QED) is 0.777. The SMILES string of the molecule is Cl.Cl.NCCCC(=O)Nc1cc(Br)ccc1N1CCOCC1. The minimum absolute atomic E-state index is 0. The average Bonchev–Trinajstić information content (AvgIpc) is 2.46. The monoisotopic (exact) mass is 413 g/mol. The summed E-state index contributed by atoms with van der Waals surface area (Å²) in [4.78, 5) is 14.1. The minimum Gasteiger partial charge on any atom is -0.378 e. The van der Waals surface area contributed by atoms with Gasteiger partial charge in [0.05, 0.1) is 24.6 Å². The molecule has 1 fully saturated rings. The van der Waals surface area contributed by atoms with E-state index in [-0.39, 0.29) is 30.7 Å². The van der Waals surface area contributed by atoms with Gasteiger partial charge in [0, 0.05) is 24.0 Å². The fourth-order valence-electron chi connectivity index (χ4n) is 2.16. The third-order valence-corrected chi connectivity index (χ3v) is 3.69. The maximum absolute atomic E-state index is 11.9. The zero-order valence-corrected chi connectivity index (χ0v) is 15.4. The van der Waals surface area contributed by atoms with Crippen LogP contribution < -0.4 is 16.0 Å². The summed E-state index contributed by atoms with van der Waals surface area (Å²) >= 11 is 3.45. The molecule has 8 heteroatoms. The molecule has 1 aromatic rings. The highest BCUT2D eigenvalue weighted by atomic mass is 79.9. The van der Waals surface area contributed by atoms with Crippen LogP contribution in [0.1, 0.15) is 12.8 Å². The van der Waals surface area contributed by atoms with Crippen molar-refractivity contribution < 1.29 is 9.53 Å². The van der Waals surface area contributed by atoms with Crippen molar-refractivity contribution in [3.63, 3.8) is 0 Å². The number of ether oxygens (including phenoxy) is 1. The summed E-state index contributed by atoms with van der Waals surface area (Å²) < 4.78 is 6.31. The van der Waals surface area contributed by atoms with Gasteiger partial charge in [0.25, 0.3) is 0 Å². The van der Waals surface area contributed by atoms with Gasteiger partial charge in [-0.3, -0.25) is 4.79 Å². The van der Waals surface area contributed by atoms with E-state index in [1.54, 1.807) is 0 Å². The number of halogens is 3. The summed E-state index contributed by atoms with van der Waals surface area (Å²) in [6.07, 6.45) is 1.15. The lowest BCUT2D eigenvalue weighted by Crippen LogP contribution is -2.36. The van der Waals surface area contributed by atoms with Gasteiger partial charge in [-0.05, 0) is 31.2 Å². The Morgan fingerprint density at radius 2 is 2.00 bits per heavy atom. The zero-order valence-electron chi connectivity index (χ0n) is 12.2. The molecule has 0 unspecified atom stereocenters. The number of hydrogen-bond donors (Lipinski definition) is 2. The number of anilines is 2. The van der Waals surface area contributed by atoms with Gasteiger partial charge in [0.2, 0.25) is 5.91 Å². The van der Waals surface area contributed by atoms with E-state index in [2.05, 4.69) is 26.1 Å². The molecule has 126 valence electrons. The molecule has 1 aromatic carbocycles. The van der Waals surface area contributed by atoms with E-state index in [1.807, 2.05) is 18.2 Å². The summed E-state index contributed by atoms with van der Waals surface area (Å²) in [5.41, 5.74) is 7.31. The third kappa shape index (κ3) is 6.30. The first-order valence-corrected chi connectivity index (χ1v) is 7.62. The molecule has 1 aliphatic rings. The molecular formula is C14H22BrCl2N3O2. The number of carbonyl (C=O) groups is 1. The predicted octanol–water partition coefficient (Wildman–Crippen LogP) is 2.81. The van der Waals surface area contributed by atoms with Crippen molar-refractivity contribution in [1.82, 2.24) is 0 Å². The summed E-state index contributed by atoms with van der Waals surface area (Å²) in [7, 11) is 0. The molecule has 1 amide bonds. The molecule has 0 bridgehead atoms. The summed E-state index contributed by atoms with van der Waals surface area (Å²) in [5, 5.41) is 2.98. The van der Waals surface area contributed by atoms with E-state index in [1.165, 1.54) is 0 Å². The van der Waals surface area contributed by atoms with Crippen LogP contribution in [0, 0.1) is 0 Å². The van der Waals surface area contributed by atoms with E-state index < -0.39 is 0 Å². The second-order valence-electron chi connectivity index (χ2n) is 4.70. The van der Waals surface area contributed by atoms with Gasteiger partial charge in [-0.15, -0.1) is 24.8 Å². The van der Waals surface area contributed by atoms with E-state index in [0.29, 0.717) is 19.4 Å². The van der Waals surface area contributed by atoms with E-state index in [0.717, 1.165) is 42.2 Å². The Morgan fingerprint density at radius 3 is 2.64 bits per heavy atom. The predicted molar refractivity (Wildman–Crippen MR) is 98.6 cm³/mol. The number of morpholine rings is 1. The highest BCUT2D eigenvalue weighted by Crippen LogP contribution is 2.30. The van der Waals surface area contributed by atoms with Gasteiger partial charge in [0.15, 0.2) is 0 Å². The highest BCUT2D eigenvalue weighted by Gasteiger charge is 2.16. The number of benzene rings is 1. The Morgan fingerprint density at radius 1 is 1.32 bits per heavy atom. The smallest absolute Gasteiger partial charge is 0.224 e. The van der Waals surface area contributed by atoms with Gasteiger partial charge in [0.1, 0.15) is 0 Å². The van der Waals surface area contributed by atoms with Gasteiger partial charge in [-0.2, -0.15) is 0 Å². The molecule has 0 saturated carbocycles. The first-order chi connectivity index (χ1) is 9.70. The number of nitrogens with one attached hydrogen (secondary N) is 1. The number of amides is 1. The average molecular weight is 415 g/mol. The summed E-state index contributed by atoms with van der Waals surface area (Å²) in [6, 6.07) is 5.94. The van der Waals surface area contributed by atoms with Gasteiger partial charge in [-0.1, -0.05) is 15.9 Å². The number of hydrogen-bond acceptors (Lipinski definition) is 4. The van der Waals surface area contributed by atoms with Crippen molar-refractivity contribution in [2.75, 3.05) is 43.1 Å². The van der Waals surface area contributed by atoms with Crippen LogP contribution in [0.15, 0.2) is 22.7 Å². The molecule has 1 saturated heterocycles. The third-order valence-electron chi connectivity index (χ3n) is 3.19. The lowest BCUT2D eigenvalue weighted by molar-refractivity contribution is -0.116. The van der Waals surface area contributed by atoms with Gasteiger partial charge >= 0.3 is 0 Å². The second kappa shape index (κ2) is 11.1. The number of nitrogens with two attached hydrogens (primary N) is 1. The maximum atomic E-state index is 11.9. The molecule has 3 N–H and O–H groups in total. The Labute approximate surface area is 151 Å². The first-order valence-electron chi connectivity index (χ1n) is 6.83. The van der Waals surface area contributed by atoms with Crippen molar-refractivity contribution in [3.8, 4) is 0 Å². The van der Waals surface area contributed by atoms with Crippen molar-refractivity contribution in [3.05, 3.63) is 22.7 Å². The van der Waals surface area contributed by atoms with Crippen molar-refractivity contribution >= 4 is 58.0 Å². The molecule has 0 spiro atoms. The number of carbonyl (C=O) groups excluding carboxylic acids is 1. The Balaban J connectivity index is 0.00000220. The molecule has 0 aromatic heterocycles. The first kappa shape index (κ1) is 21.5. The second-order valence-corrected chi connectivity index (χ2v) is 5.62. The van der Waals surface area contributed by atoms with Gasteiger partial charge in [-0.25, -0.2) is 0 Å². The maximum Gasteiger partial charge on any atom is 0.224 e. The zero-order chi connectivity index (χ0) is 14.4. The van der Waals surface area contributed by atoms with E-state index in [4.69, 9.17) is 10.5 Å². The fraction of sp³-hybridized carbons (Fsp3) is 0.500. The molecule has 0 atom stereocenters. The fourth-order valence-corrected chi connectivity index (χ4v) is 2.52. The standard InChI is InChI=1S/C14H20BrN3O2.2ClH/c15-11-3-4-13(18-6-8-20-9-7-18)12(10-11)17-14(19)2-1-5-16;;/h3-4,10H,1-2,5-9,16H2,(H,17,19);2*1H. The molecular weight excluding hydrogens is 393 g/mol. The van der Waals surface area contributed by atoms with Crippen LogP contribution in [0.3, 0.4) is 0 Å².